The second kappa shape index (κ2) is 5.75. The summed E-state index contributed by atoms with van der Waals surface area (Å²) in [5.41, 5.74) is 9.40. The van der Waals surface area contributed by atoms with Crippen molar-refractivity contribution in [2.75, 3.05) is 0 Å². The molecule has 0 spiro atoms. The maximum atomic E-state index is 11.5. The third-order valence-electron chi connectivity index (χ3n) is 2.39. The Labute approximate surface area is 109 Å². The highest BCUT2D eigenvalue weighted by atomic mass is 16.5. The molecule has 6 nitrogen and oxygen atoms in total. The maximum absolute atomic E-state index is 11.5. The van der Waals surface area contributed by atoms with Gasteiger partial charge >= 0.3 is 0 Å². The lowest BCUT2D eigenvalue weighted by molar-refractivity contribution is 0.1000. The highest BCUT2D eigenvalue weighted by molar-refractivity contribution is 5.95. The standard InChI is InChI=1S/C13H11N3O3/c1-9-5-10(13(17)15-16-14)7-12(6-9)19-8-11-3-2-4-18-11/h2-7H,8H2,1H3. The van der Waals surface area contributed by atoms with Crippen molar-refractivity contribution in [3.63, 3.8) is 0 Å². The first kappa shape index (κ1) is 12.7. The molecule has 0 aliphatic heterocycles. The Hall–Kier alpha value is -2.72. The van der Waals surface area contributed by atoms with Crippen LogP contribution in [0.5, 0.6) is 5.75 Å². The summed E-state index contributed by atoms with van der Waals surface area (Å²) in [5, 5.41) is 3.05. The van der Waals surface area contributed by atoms with Crippen LogP contribution < -0.4 is 4.74 Å². The molecular formula is C13H11N3O3. The number of hydrogen-bond donors (Lipinski definition) is 0. The summed E-state index contributed by atoms with van der Waals surface area (Å²) in [6, 6.07) is 8.52. The predicted octanol–water partition coefficient (Wildman–Crippen LogP) is 3.62. The summed E-state index contributed by atoms with van der Waals surface area (Å²) in [5.74, 6) is 0.575. The molecule has 0 aliphatic rings. The van der Waals surface area contributed by atoms with Crippen molar-refractivity contribution in [3.8, 4) is 5.75 Å². The zero-order chi connectivity index (χ0) is 13.7. The molecule has 19 heavy (non-hydrogen) atoms. The molecule has 1 aromatic carbocycles. The minimum Gasteiger partial charge on any atom is -0.486 e. The largest absolute Gasteiger partial charge is 0.486 e. The molecule has 0 saturated heterocycles. The molecule has 2 aromatic rings. The average molecular weight is 257 g/mol. The van der Waals surface area contributed by atoms with Gasteiger partial charge in [-0.15, -0.1) is 0 Å². The molecule has 0 unspecified atom stereocenters. The van der Waals surface area contributed by atoms with Gasteiger partial charge in [0.25, 0.3) is 0 Å². The molecule has 1 amide bonds. The number of carbonyl (C=O) groups excluding carboxylic acids is 1. The van der Waals surface area contributed by atoms with Gasteiger partial charge in [0.05, 0.1) is 6.26 Å². The smallest absolute Gasteiger partial charge is 0.249 e. The molecule has 1 heterocycles. The van der Waals surface area contributed by atoms with Gasteiger partial charge in [0.1, 0.15) is 18.1 Å². The number of amides is 1. The van der Waals surface area contributed by atoms with E-state index in [0.717, 1.165) is 5.56 Å². The van der Waals surface area contributed by atoms with Crippen LogP contribution in [-0.2, 0) is 6.61 Å². The van der Waals surface area contributed by atoms with E-state index in [1.165, 1.54) is 6.07 Å². The van der Waals surface area contributed by atoms with E-state index in [1.807, 2.05) is 6.92 Å². The zero-order valence-corrected chi connectivity index (χ0v) is 10.2. The van der Waals surface area contributed by atoms with E-state index < -0.39 is 5.91 Å². The molecule has 1 aromatic heterocycles. The number of nitrogens with zero attached hydrogens (tertiary/aromatic N) is 3. The highest BCUT2D eigenvalue weighted by Gasteiger charge is 2.07. The van der Waals surface area contributed by atoms with Crippen LogP contribution in [0.15, 0.2) is 46.1 Å². The van der Waals surface area contributed by atoms with Crippen LogP contribution in [-0.4, -0.2) is 5.91 Å². The van der Waals surface area contributed by atoms with Gasteiger partial charge in [-0.1, -0.05) is 0 Å². The Morgan fingerprint density at radius 3 is 3.00 bits per heavy atom. The van der Waals surface area contributed by atoms with Crippen molar-refractivity contribution in [2.45, 2.75) is 13.5 Å². The molecule has 0 bridgehead atoms. The quantitative estimate of drug-likeness (QED) is 0.476. The Morgan fingerprint density at radius 2 is 2.32 bits per heavy atom. The summed E-state index contributed by atoms with van der Waals surface area (Å²) in [7, 11) is 0. The first-order chi connectivity index (χ1) is 9.19. The highest BCUT2D eigenvalue weighted by Crippen LogP contribution is 2.19. The van der Waals surface area contributed by atoms with E-state index in [0.29, 0.717) is 17.1 Å². The molecule has 0 radical (unpaired) electrons. The Morgan fingerprint density at radius 1 is 1.47 bits per heavy atom. The van der Waals surface area contributed by atoms with Crippen LogP contribution in [0.4, 0.5) is 0 Å². The van der Waals surface area contributed by atoms with Crippen LogP contribution in [0.3, 0.4) is 0 Å². The van der Waals surface area contributed by atoms with Gasteiger partial charge in [-0.05, 0) is 53.5 Å². The average Bonchev–Trinajstić information content (AvgIpc) is 2.89. The number of ether oxygens (including phenoxy) is 1. The van der Waals surface area contributed by atoms with Gasteiger partial charge in [0, 0.05) is 10.5 Å². The van der Waals surface area contributed by atoms with Gasteiger partial charge in [-0.3, -0.25) is 4.79 Å². The Balaban J connectivity index is 2.16. The normalized spacial score (nSPS) is 9.74. The topological polar surface area (TPSA) is 88.2 Å². The zero-order valence-electron chi connectivity index (χ0n) is 10.2. The van der Waals surface area contributed by atoms with E-state index >= 15 is 0 Å². The molecule has 0 fully saturated rings. The van der Waals surface area contributed by atoms with Crippen LogP contribution in [0, 0.1) is 6.92 Å². The predicted molar refractivity (Wildman–Crippen MR) is 67.7 cm³/mol. The van der Waals surface area contributed by atoms with Crippen molar-refractivity contribution >= 4 is 5.91 Å². The van der Waals surface area contributed by atoms with Crippen molar-refractivity contribution in [1.82, 2.24) is 0 Å². The van der Waals surface area contributed by atoms with Crippen molar-refractivity contribution in [2.24, 2.45) is 5.11 Å². The second-order valence-electron chi connectivity index (χ2n) is 3.90. The molecule has 0 aliphatic carbocycles. The Bertz CT molecular complexity index is 629. The lowest BCUT2D eigenvalue weighted by Crippen LogP contribution is -1.98. The molecular weight excluding hydrogens is 246 g/mol. The summed E-state index contributed by atoms with van der Waals surface area (Å²) in [6.07, 6.45) is 1.56. The number of azide groups is 1. The minimum atomic E-state index is -0.631. The van der Waals surface area contributed by atoms with Crippen LogP contribution in [0.25, 0.3) is 10.4 Å². The summed E-state index contributed by atoms with van der Waals surface area (Å²) in [4.78, 5) is 14.0. The molecule has 0 atom stereocenters. The fourth-order valence-corrected chi connectivity index (χ4v) is 1.60. The number of aryl methyl sites for hydroxylation is 1. The van der Waals surface area contributed by atoms with Crippen molar-refractivity contribution in [3.05, 3.63) is 63.9 Å². The molecule has 96 valence electrons. The number of furan rings is 1. The van der Waals surface area contributed by atoms with Gasteiger partial charge in [0.15, 0.2) is 0 Å². The number of hydrogen-bond acceptors (Lipinski definition) is 3. The third-order valence-corrected chi connectivity index (χ3v) is 2.39. The number of carbonyl (C=O) groups is 1. The summed E-state index contributed by atoms with van der Waals surface area (Å²) >= 11 is 0. The first-order valence-corrected chi connectivity index (χ1v) is 5.55. The maximum Gasteiger partial charge on any atom is 0.249 e. The van der Waals surface area contributed by atoms with Gasteiger partial charge < -0.3 is 9.15 Å². The molecule has 0 saturated carbocycles. The summed E-state index contributed by atoms with van der Waals surface area (Å²) in [6.45, 7) is 2.10. The molecule has 0 N–H and O–H groups in total. The molecule has 6 heteroatoms. The number of rotatable bonds is 4. The second-order valence-corrected chi connectivity index (χ2v) is 3.90. The minimum absolute atomic E-state index is 0.269. The lowest BCUT2D eigenvalue weighted by Gasteiger charge is -2.07. The summed E-state index contributed by atoms with van der Waals surface area (Å²) < 4.78 is 10.7. The Kier molecular flexibility index (Phi) is 3.85. The van der Waals surface area contributed by atoms with Crippen molar-refractivity contribution in [1.29, 1.82) is 0 Å². The van der Waals surface area contributed by atoms with Gasteiger partial charge in [-0.25, -0.2) is 0 Å². The number of benzene rings is 1. The monoisotopic (exact) mass is 257 g/mol. The van der Waals surface area contributed by atoms with Crippen LogP contribution in [0.1, 0.15) is 21.7 Å². The van der Waals surface area contributed by atoms with Crippen LogP contribution in [0.2, 0.25) is 0 Å². The van der Waals surface area contributed by atoms with E-state index in [2.05, 4.69) is 10.0 Å². The van der Waals surface area contributed by atoms with E-state index in [1.54, 1.807) is 30.5 Å². The van der Waals surface area contributed by atoms with Gasteiger partial charge in [-0.2, -0.15) is 0 Å². The SMILES string of the molecule is Cc1cc(OCc2ccco2)cc(C(=O)N=[N+]=[N-])c1. The third kappa shape index (κ3) is 3.37. The first-order valence-electron chi connectivity index (χ1n) is 5.55. The van der Waals surface area contributed by atoms with E-state index in [-0.39, 0.29) is 6.61 Å². The fraction of sp³-hybridized carbons (Fsp3) is 0.154. The van der Waals surface area contributed by atoms with E-state index in [9.17, 15) is 4.79 Å². The van der Waals surface area contributed by atoms with Crippen molar-refractivity contribution < 1.29 is 13.9 Å². The molecule has 2 rings (SSSR count). The van der Waals surface area contributed by atoms with Gasteiger partial charge in [0.2, 0.25) is 5.91 Å². The van der Waals surface area contributed by atoms with E-state index in [4.69, 9.17) is 14.7 Å². The van der Waals surface area contributed by atoms with Crippen LogP contribution >= 0.6 is 0 Å². The fourth-order valence-electron chi connectivity index (χ4n) is 1.60. The lowest BCUT2D eigenvalue weighted by atomic mass is 10.1.